The van der Waals surface area contributed by atoms with E-state index in [0.717, 1.165) is 44.3 Å². The molecule has 5 rings (SSSR count). The van der Waals surface area contributed by atoms with Crippen LogP contribution in [0.15, 0.2) is 52.9 Å². The summed E-state index contributed by atoms with van der Waals surface area (Å²) in [7, 11) is 0. The Labute approximate surface area is 194 Å². The Kier molecular flexibility index (Phi) is 6.16. The lowest BCUT2D eigenvalue weighted by Gasteiger charge is -2.37. The summed E-state index contributed by atoms with van der Waals surface area (Å²) in [4.78, 5) is 34.6. The first-order valence-corrected chi connectivity index (χ1v) is 12.1. The molecule has 172 valence electrons. The number of amides is 2. The van der Waals surface area contributed by atoms with Gasteiger partial charge in [0.2, 0.25) is 11.8 Å². The molecule has 2 aliphatic heterocycles. The van der Waals surface area contributed by atoms with E-state index in [9.17, 15) is 9.59 Å². The summed E-state index contributed by atoms with van der Waals surface area (Å²) >= 11 is 0. The molecular formula is C27H31N3O3. The van der Waals surface area contributed by atoms with Gasteiger partial charge in [-0.2, -0.15) is 0 Å². The molecule has 2 saturated heterocycles. The highest BCUT2D eigenvalue weighted by atomic mass is 16.3. The topological polar surface area (TPSA) is 66.7 Å². The number of hydrogen-bond acceptors (Lipinski definition) is 4. The number of nitrogens with zero attached hydrogens (tertiary/aromatic N) is 3. The number of aromatic nitrogens is 1. The monoisotopic (exact) mass is 445 g/mol. The molecule has 0 spiro atoms. The molecule has 0 saturated carbocycles. The fourth-order valence-corrected chi connectivity index (χ4v) is 5.15. The van der Waals surface area contributed by atoms with Gasteiger partial charge in [-0.25, -0.2) is 4.98 Å². The van der Waals surface area contributed by atoms with Crippen molar-refractivity contribution in [3.8, 4) is 11.5 Å². The summed E-state index contributed by atoms with van der Waals surface area (Å²) in [5.74, 6) is 1.25. The average Bonchev–Trinajstić information content (AvgIpc) is 3.32. The maximum atomic E-state index is 13.2. The number of likely N-dealkylation sites (tertiary alicyclic amines) is 2. The Bertz CT molecular complexity index is 1130. The van der Waals surface area contributed by atoms with Crippen molar-refractivity contribution in [3.05, 3.63) is 54.1 Å². The maximum Gasteiger partial charge on any atom is 0.253 e. The smallest absolute Gasteiger partial charge is 0.253 e. The molecule has 0 N–H and O–H groups in total. The van der Waals surface area contributed by atoms with Gasteiger partial charge in [-0.1, -0.05) is 25.1 Å². The Morgan fingerprint density at radius 2 is 1.67 bits per heavy atom. The lowest BCUT2D eigenvalue weighted by molar-refractivity contribution is -0.138. The fraction of sp³-hybridized carbons (Fsp3) is 0.444. The molecule has 1 atom stereocenters. The van der Waals surface area contributed by atoms with Gasteiger partial charge in [-0.3, -0.25) is 9.59 Å². The Morgan fingerprint density at radius 1 is 0.939 bits per heavy atom. The second-order valence-electron chi connectivity index (χ2n) is 9.37. The molecule has 3 aromatic rings. The zero-order valence-electron chi connectivity index (χ0n) is 19.2. The average molecular weight is 446 g/mol. The molecule has 33 heavy (non-hydrogen) atoms. The van der Waals surface area contributed by atoms with Gasteiger partial charge in [0.15, 0.2) is 5.58 Å². The molecule has 2 aliphatic rings. The van der Waals surface area contributed by atoms with E-state index in [1.807, 2.05) is 58.3 Å². The largest absolute Gasteiger partial charge is 0.436 e. The standard InChI is InChI=1S/C27H31N3O3/c1-19(26(31)29-14-6-3-7-15-29)20-12-16-30(17-13-20)27(32)22-10-11-24-23(18-22)28-25(33-24)21-8-4-2-5-9-21/h2,4-5,8-11,18-20H,3,6-7,12-17H2,1H3/t19-/m1/s1. The third kappa shape index (κ3) is 4.52. The predicted molar refractivity (Wildman–Crippen MR) is 128 cm³/mol. The summed E-state index contributed by atoms with van der Waals surface area (Å²) in [5.41, 5.74) is 2.91. The van der Waals surface area contributed by atoms with Crippen molar-refractivity contribution in [3.63, 3.8) is 0 Å². The number of carbonyl (C=O) groups excluding carboxylic acids is 2. The quantitative estimate of drug-likeness (QED) is 0.567. The summed E-state index contributed by atoms with van der Waals surface area (Å²) in [6.07, 6.45) is 5.21. The highest BCUT2D eigenvalue weighted by Crippen LogP contribution is 2.29. The van der Waals surface area contributed by atoms with Gasteiger partial charge in [-0.05, 0) is 68.4 Å². The first kappa shape index (κ1) is 21.7. The zero-order valence-corrected chi connectivity index (χ0v) is 19.2. The van der Waals surface area contributed by atoms with Crippen molar-refractivity contribution in [2.45, 2.75) is 39.0 Å². The van der Waals surface area contributed by atoms with Crippen LogP contribution < -0.4 is 0 Å². The van der Waals surface area contributed by atoms with E-state index >= 15 is 0 Å². The van der Waals surface area contributed by atoms with Gasteiger partial charge in [0.25, 0.3) is 5.91 Å². The van der Waals surface area contributed by atoms with Crippen molar-refractivity contribution < 1.29 is 14.0 Å². The molecule has 0 bridgehead atoms. The maximum absolute atomic E-state index is 13.2. The van der Waals surface area contributed by atoms with Gasteiger partial charge >= 0.3 is 0 Å². The van der Waals surface area contributed by atoms with Crippen molar-refractivity contribution >= 4 is 22.9 Å². The first-order chi connectivity index (χ1) is 16.1. The van der Waals surface area contributed by atoms with Crippen LogP contribution in [0.3, 0.4) is 0 Å². The third-order valence-corrected chi connectivity index (χ3v) is 7.25. The normalized spacial score (nSPS) is 18.5. The van der Waals surface area contributed by atoms with Crippen LogP contribution in [-0.2, 0) is 4.79 Å². The summed E-state index contributed by atoms with van der Waals surface area (Å²) in [6.45, 7) is 5.25. The van der Waals surface area contributed by atoms with Crippen LogP contribution in [-0.4, -0.2) is 52.8 Å². The van der Waals surface area contributed by atoms with Crippen molar-refractivity contribution in [1.82, 2.24) is 14.8 Å². The number of benzene rings is 2. The molecule has 2 fully saturated rings. The van der Waals surface area contributed by atoms with Gasteiger partial charge in [-0.15, -0.1) is 0 Å². The summed E-state index contributed by atoms with van der Waals surface area (Å²) in [5, 5.41) is 0. The van der Waals surface area contributed by atoms with E-state index in [1.165, 1.54) is 6.42 Å². The van der Waals surface area contributed by atoms with Gasteiger partial charge < -0.3 is 14.2 Å². The number of oxazole rings is 1. The Morgan fingerprint density at radius 3 is 2.39 bits per heavy atom. The van der Waals surface area contributed by atoms with Crippen molar-refractivity contribution in [2.75, 3.05) is 26.2 Å². The highest BCUT2D eigenvalue weighted by Gasteiger charge is 2.32. The van der Waals surface area contributed by atoms with Crippen molar-refractivity contribution in [2.24, 2.45) is 11.8 Å². The molecular weight excluding hydrogens is 414 g/mol. The second kappa shape index (κ2) is 9.38. The molecule has 6 heteroatoms. The molecule has 0 aliphatic carbocycles. The number of carbonyl (C=O) groups is 2. The lowest BCUT2D eigenvalue weighted by Crippen LogP contribution is -2.45. The zero-order chi connectivity index (χ0) is 22.8. The van der Waals surface area contributed by atoms with Crippen LogP contribution in [0.2, 0.25) is 0 Å². The molecule has 2 aromatic carbocycles. The van der Waals surface area contributed by atoms with Crippen LogP contribution in [0, 0.1) is 11.8 Å². The van der Waals surface area contributed by atoms with E-state index in [1.54, 1.807) is 0 Å². The molecule has 6 nitrogen and oxygen atoms in total. The summed E-state index contributed by atoms with van der Waals surface area (Å²) in [6, 6.07) is 15.2. The third-order valence-electron chi connectivity index (χ3n) is 7.25. The number of piperidine rings is 2. The van der Waals surface area contributed by atoms with Crippen molar-refractivity contribution in [1.29, 1.82) is 0 Å². The van der Waals surface area contributed by atoms with Crippen LogP contribution in [0.4, 0.5) is 0 Å². The van der Waals surface area contributed by atoms with Crippen LogP contribution in [0.25, 0.3) is 22.6 Å². The SMILES string of the molecule is C[C@@H](C(=O)N1CCCCC1)C1CCN(C(=O)c2ccc3oc(-c4ccccc4)nc3c2)CC1. The highest BCUT2D eigenvalue weighted by molar-refractivity contribution is 5.97. The minimum absolute atomic E-state index is 0.0228. The molecule has 0 unspecified atom stereocenters. The van der Waals surface area contributed by atoms with E-state index in [4.69, 9.17) is 4.42 Å². The van der Waals surface area contributed by atoms with E-state index in [0.29, 0.717) is 47.5 Å². The molecule has 0 radical (unpaired) electrons. The Balaban J connectivity index is 1.23. The second-order valence-corrected chi connectivity index (χ2v) is 9.37. The first-order valence-electron chi connectivity index (χ1n) is 12.1. The number of hydrogen-bond donors (Lipinski definition) is 0. The fourth-order valence-electron chi connectivity index (χ4n) is 5.15. The summed E-state index contributed by atoms with van der Waals surface area (Å²) < 4.78 is 5.88. The van der Waals surface area contributed by atoms with E-state index in [-0.39, 0.29) is 11.8 Å². The van der Waals surface area contributed by atoms with E-state index < -0.39 is 0 Å². The lowest BCUT2D eigenvalue weighted by atomic mass is 9.84. The van der Waals surface area contributed by atoms with E-state index in [2.05, 4.69) is 11.9 Å². The minimum Gasteiger partial charge on any atom is -0.436 e. The minimum atomic E-state index is 0.0228. The Hall–Kier alpha value is -3.15. The number of fused-ring (bicyclic) bond motifs is 1. The predicted octanol–water partition coefficient (Wildman–Crippen LogP) is 5.00. The van der Waals surface area contributed by atoms with Gasteiger partial charge in [0, 0.05) is 43.2 Å². The van der Waals surface area contributed by atoms with Crippen LogP contribution >= 0.6 is 0 Å². The molecule has 3 heterocycles. The van der Waals surface area contributed by atoms with Gasteiger partial charge in [0.1, 0.15) is 5.52 Å². The molecule has 1 aromatic heterocycles. The van der Waals surface area contributed by atoms with Gasteiger partial charge in [0.05, 0.1) is 0 Å². The number of rotatable bonds is 4. The van der Waals surface area contributed by atoms with Crippen LogP contribution in [0.5, 0.6) is 0 Å². The molecule has 2 amide bonds. The van der Waals surface area contributed by atoms with Crippen LogP contribution in [0.1, 0.15) is 49.4 Å².